The second-order valence-electron chi connectivity index (χ2n) is 6.29. The number of carbonyl (C=O) groups is 2. The summed E-state index contributed by atoms with van der Waals surface area (Å²) < 4.78 is 5.59. The number of nitrogens with one attached hydrogen (secondary N) is 1. The standard InChI is InChI=1S/C21H25ClN2O3/c1-4-19(21(26)23-3)24(13-16-7-5-15(2)6-8-16)20(25)14-27-18-11-9-17(22)10-12-18/h5-12,19H,4,13-14H2,1-3H3,(H,23,26). The number of benzene rings is 2. The Morgan fingerprint density at radius 1 is 1.11 bits per heavy atom. The van der Waals surface area contributed by atoms with Gasteiger partial charge in [0.2, 0.25) is 5.91 Å². The zero-order valence-electron chi connectivity index (χ0n) is 15.9. The molecule has 2 rings (SSSR count). The summed E-state index contributed by atoms with van der Waals surface area (Å²) in [5, 5.41) is 3.24. The van der Waals surface area contributed by atoms with E-state index in [0.29, 0.717) is 23.7 Å². The molecule has 0 spiro atoms. The molecule has 0 radical (unpaired) electrons. The van der Waals surface area contributed by atoms with Crippen LogP contribution in [-0.4, -0.2) is 36.4 Å². The highest BCUT2D eigenvalue weighted by Gasteiger charge is 2.28. The highest BCUT2D eigenvalue weighted by atomic mass is 35.5. The van der Waals surface area contributed by atoms with E-state index in [0.717, 1.165) is 11.1 Å². The highest BCUT2D eigenvalue weighted by molar-refractivity contribution is 6.30. The maximum Gasteiger partial charge on any atom is 0.261 e. The summed E-state index contributed by atoms with van der Waals surface area (Å²) in [5.41, 5.74) is 2.10. The molecule has 0 aliphatic rings. The number of ether oxygens (including phenoxy) is 1. The van der Waals surface area contributed by atoms with Crippen molar-refractivity contribution in [2.75, 3.05) is 13.7 Å². The van der Waals surface area contributed by atoms with Gasteiger partial charge in [0.05, 0.1) is 0 Å². The van der Waals surface area contributed by atoms with Crippen LogP contribution in [0.15, 0.2) is 48.5 Å². The third-order valence-electron chi connectivity index (χ3n) is 4.28. The van der Waals surface area contributed by atoms with Crippen molar-refractivity contribution in [3.05, 3.63) is 64.7 Å². The van der Waals surface area contributed by atoms with E-state index in [2.05, 4.69) is 5.32 Å². The Labute approximate surface area is 165 Å². The van der Waals surface area contributed by atoms with Crippen LogP contribution in [0.2, 0.25) is 5.02 Å². The Morgan fingerprint density at radius 2 is 1.74 bits per heavy atom. The number of hydrogen-bond acceptors (Lipinski definition) is 3. The predicted molar refractivity (Wildman–Crippen MR) is 107 cm³/mol. The summed E-state index contributed by atoms with van der Waals surface area (Å²) in [7, 11) is 1.57. The maximum absolute atomic E-state index is 12.9. The van der Waals surface area contributed by atoms with Gasteiger partial charge in [0.25, 0.3) is 5.91 Å². The van der Waals surface area contributed by atoms with Crippen LogP contribution in [0.4, 0.5) is 0 Å². The van der Waals surface area contributed by atoms with Gasteiger partial charge in [-0.05, 0) is 43.2 Å². The molecule has 0 fully saturated rings. The van der Waals surface area contributed by atoms with Gasteiger partial charge in [0, 0.05) is 18.6 Å². The SMILES string of the molecule is CCC(C(=O)NC)N(Cc1ccc(C)cc1)C(=O)COc1ccc(Cl)cc1. The third-order valence-corrected chi connectivity index (χ3v) is 4.53. The first-order valence-electron chi connectivity index (χ1n) is 8.89. The van der Waals surface area contributed by atoms with Gasteiger partial charge in [-0.25, -0.2) is 0 Å². The molecule has 2 amide bonds. The Bertz CT molecular complexity index is 760. The highest BCUT2D eigenvalue weighted by Crippen LogP contribution is 2.17. The Balaban J connectivity index is 2.15. The van der Waals surface area contributed by atoms with Gasteiger partial charge >= 0.3 is 0 Å². The molecule has 0 heterocycles. The number of halogens is 1. The molecule has 27 heavy (non-hydrogen) atoms. The molecule has 0 saturated heterocycles. The van der Waals surface area contributed by atoms with Crippen molar-refractivity contribution >= 4 is 23.4 Å². The average molecular weight is 389 g/mol. The average Bonchev–Trinajstić information content (AvgIpc) is 2.68. The molecule has 0 aliphatic carbocycles. The predicted octanol–water partition coefficient (Wildman–Crippen LogP) is 3.58. The van der Waals surface area contributed by atoms with E-state index in [1.54, 1.807) is 36.2 Å². The molecule has 1 N–H and O–H groups in total. The molecule has 0 aromatic heterocycles. The second-order valence-corrected chi connectivity index (χ2v) is 6.72. The van der Waals surface area contributed by atoms with Crippen molar-refractivity contribution in [3.8, 4) is 5.75 Å². The first-order valence-corrected chi connectivity index (χ1v) is 9.27. The lowest BCUT2D eigenvalue weighted by molar-refractivity contribution is -0.142. The second kappa shape index (κ2) is 9.97. The quantitative estimate of drug-likeness (QED) is 0.751. The number of amides is 2. The summed E-state index contributed by atoms with van der Waals surface area (Å²) in [6.07, 6.45) is 0.512. The number of rotatable bonds is 8. The minimum Gasteiger partial charge on any atom is -0.484 e. The summed E-state index contributed by atoms with van der Waals surface area (Å²) in [6.45, 7) is 4.08. The molecule has 1 atom stereocenters. The monoisotopic (exact) mass is 388 g/mol. The minimum absolute atomic E-state index is 0.152. The van der Waals surface area contributed by atoms with E-state index in [4.69, 9.17) is 16.3 Å². The normalized spacial score (nSPS) is 11.6. The lowest BCUT2D eigenvalue weighted by atomic mass is 10.1. The van der Waals surface area contributed by atoms with Crippen molar-refractivity contribution < 1.29 is 14.3 Å². The van der Waals surface area contributed by atoms with Gasteiger partial charge in [0.1, 0.15) is 11.8 Å². The van der Waals surface area contributed by atoms with Crippen LogP contribution < -0.4 is 10.1 Å². The molecule has 6 heteroatoms. The van der Waals surface area contributed by atoms with Crippen molar-refractivity contribution in [2.24, 2.45) is 0 Å². The molecular formula is C21H25ClN2O3. The zero-order chi connectivity index (χ0) is 19.8. The van der Waals surface area contributed by atoms with E-state index in [1.165, 1.54) is 0 Å². The van der Waals surface area contributed by atoms with Crippen molar-refractivity contribution in [2.45, 2.75) is 32.9 Å². The molecule has 0 bridgehead atoms. The summed E-state index contributed by atoms with van der Waals surface area (Å²) in [5.74, 6) is 0.112. The number of hydrogen-bond donors (Lipinski definition) is 1. The van der Waals surface area contributed by atoms with Crippen LogP contribution >= 0.6 is 11.6 Å². The van der Waals surface area contributed by atoms with Crippen LogP contribution in [0.25, 0.3) is 0 Å². The van der Waals surface area contributed by atoms with Gasteiger partial charge in [0.15, 0.2) is 6.61 Å². The number of carbonyl (C=O) groups excluding carboxylic acids is 2. The lowest BCUT2D eigenvalue weighted by Gasteiger charge is -2.30. The maximum atomic E-state index is 12.9. The van der Waals surface area contributed by atoms with Crippen LogP contribution in [-0.2, 0) is 16.1 Å². The molecular weight excluding hydrogens is 364 g/mol. The Hall–Kier alpha value is -2.53. The molecule has 1 unspecified atom stereocenters. The summed E-state index contributed by atoms with van der Waals surface area (Å²) >= 11 is 5.86. The fraction of sp³-hybridized carbons (Fsp3) is 0.333. The van der Waals surface area contributed by atoms with Crippen LogP contribution in [0.1, 0.15) is 24.5 Å². The fourth-order valence-electron chi connectivity index (χ4n) is 2.74. The van der Waals surface area contributed by atoms with Crippen molar-refractivity contribution in [1.29, 1.82) is 0 Å². The van der Waals surface area contributed by atoms with Crippen molar-refractivity contribution in [1.82, 2.24) is 10.2 Å². The fourth-order valence-corrected chi connectivity index (χ4v) is 2.86. The zero-order valence-corrected chi connectivity index (χ0v) is 16.6. The molecule has 0 aliphatic heterocycles. The largest absolute Gasteiger partial charge is 0.484 e. The van der Waals surface area contributed by atoms with Gasteiger partial charge in [-0.15, -0.1) is 0 Å². The molecule has 0 saturated carbocycles. The smallest absolute Gasteiger partial charge is 0.261 e. The lowest BCUT2D eigenvalue weighted by Crippen LogP contribution is -2.49. The van der Waals surface area contributed by atoms with E-state index < -0.39 is 6.04 Å². The number of aryl methyl sites for hydroxylation is 1. The first-order chi connectivity index (χ1) is 12.9. The first kappa shape index (κ1) is 20.8. The molecule has 5 nitrogen and oxygen atoms in total. The molecule has 144 valence electrons. The number of likely N-dealkylation sites (N-methyl/N-ethyl adjacent to an activating group) is 1. The minimum atomic E-state index is -0.558. The molecule has 2 aromatic rings. The van der Waals surface area contributed by atoms with Crippen LogP contribution in [0, 0.1) is 6.92 Å². The van der Waals surface area contributed by atoms with E-state index in [1.807, 2.05) is 38.1 Å². The summed E-state index contributed by atoms with van der Waals surface area (Å²) in [4.78, 5) is 26.7. The van der Waals surface area contributed by atoms with Gasteiger partial charge in [-0.2, -0.15) is 0 Å². The Morgan fingerprint density at radius 3 is 2.30 bits per heavy atom. The topological polar surface area (TPSA) is 58.6 Å². The number of nitrogens with zero attached hydrogens (tertiary/aromatic N) is 1. The van der Waals surface area contributed by atoms with E-state index >= 15 is 0 Å². The van der Waals surface area contributed by atoms with E-state index in [9.17, 15) is 9.59 Å². The Kier molecular flexibility index (Phi) is 7.67. The summed E-state index contributed by atoms with van der Waals surface area (Å²) in [6, 6.07) is 14.2. The molecule has 2 aromatic carbocycles. The van der Waals surface area contributed by atoms with E-state index in [-0.39, 0.29) is 18.4 Å². The van der Waals surface area contributed by atoms with Crippen molar-refractivity contribution in [3.63, 3.8) is 0 Å². The van der Waals surface area contributed by atoms with Gasteiger partial charge in [-0.1, -0.05) is 48.4 Å². The van der Waals surface area contributed by atoms with Gasteiger partial charge < -0.3 is 15.0 Å². The van der Waals surface area contributed by atoms with Crippen LogP contribution in [0.3, 0.4) is 0 Å². The third kappa shape index (κ3) is 6.00. The van der Waals surface area contributed by atoms with Crippen LogP contribution in [0.5, 0.6) is 5.75 Å². The van der Waals surface area contributed by atoms with Gasteiger partial charge in [-0.3, -0.25) is 9.59 Å².